The molecular weight excluding hydrogens is 2290 g/mol. The summed E-state index contributed by atoms with van der Waals surface area (Å²) in [5, 5.41) is 10.8. The molecule has 18 aromatic rings. The van der Waals surface area contributed by atoms with Gasteiger partial charge in [0.25, 0.3) is 0 Å². The highest BCUT2D eigenvalue weighted by Crippen LogP contribution is 2.61. The second kappa shape index (κ2) is 54.3. The van der Waals surface area contributed by atoms with E-state index >= 15 is 0 Å². The zero-order chi connectivity index (χ0) is 110. The molecule has 0 heterocycles. The molecule has 0 fully saturated rings. The Morgan fingerprint density at radius 3 is 0.900 bits per heavy atom. The molecule has 8 nitrogen and oxygen atoms in total. The summed E-state index contributed by atoms with van der Waals surface area (Å²) in [6, 6.07) is 126. The van der Waals surface area contributed by atoms with E-state index in [0.717, 1.165) is 10.2 Å². The monoisotopic (exact) mass is 2440 g/mol. The minimum Gasteiger partial charge on any atom is -0.378 e. The predicted molar refractivity (Wildman–Crippen MR) is 688 cm³/mol. The van der Waals surface area contributed by atoms with Crippen molar-refractivity contribution in [3.63, 3.8) is 0 Å². The Hall–Kier alpha value is -10.6. The second-order valence-electron chi connectivity index (χ2n) is 40.6. The maximum absolute atomic E-state index is 4.09. The topological polar surface area (TPSA) is 25.9 Å². The second-order valence-corrected chi connectivity index (χ2v) is 42.7. The minimum atomic E-state index is -0.392. The van der Waals surface area contributed by atoms with Gasteiger partial charge in [-0.15, -0.1) is 0 Å². The molecule has 0 saturated heterocycles. The van der Waals surface area contributed by atoms with Crippen molar-refractivity contribution in [2.24, 2.45) is 0 Å². The van der Waals surface area contributed by atoms with E-state index in [1.54, 1.807) is 0 Å². The molecule has 4 atom stereocenters. The highest BCUT2D eigenvalue weighted by molar-refractivity contribution is 9.10. The first kappa shape index (κ1) is 120. The zero-order valence-corrected chi connectivity index (χ0v) is 105. The lowest BCUT2D eigenvalue weighted by Crippen LogP contribution is -2.34. The number of hydrogen-bond donors (Lipinski definition) is 0. The van der Waals surface area contributed by atoms with Gasteiger partial charge in [-0.05, 0) is 425 Å². The van der Waals surface area contributed by atoms with Gasteiger partial charge >= 0.3 is 0 Å². The Morgan fingerprint density at radius 1 is 0.233 bits per heavy atom. The maximum atomic E-state index is 4.09. The van der Waals surface area contributed by atoms with Crippen LogP contribution in [0.4, 0.5) is 34.1 Å². The summed E-state index contributed by atoms with van der Waals surface area (Å²) in [5.74, 6) is 9.36. The number of halogens is 7. The van der Waals surface area contributed by atoms with Gasteiger partial charge in [-0.1, -0.05) is 400 Å². The third-order valence-corrected chi connectivity index (χ3v) is 29.9. The van der Waals surface area contributed by atoms with Crippen molar-refractivity contribution in [3.05, 3.63) is 461 Å². The third-order valence-electron chi connectivity index (χ3n) is 27.8. The summed E-state index contributed by atoms with van der Waals surface area (Å²) in [7, 11) is 33.1. The zero-order valence-electron chi connectivity index (χ0n) is 93.7. The molecule has 15 heteroatoms. The van der Waals surface area contributed by atoms with Crippen LogP contribution in [0.5, 0.6) is 0 Å². The first-order valence-corrected chi connectivity index (χ1v) is 60.2. The lowest BCUT2D eigenvalue weighted by atomic mass is 9.67. The molecule has 780 valence electrons. The Kier molecular flexibility index (Phi) is 43.3. The summed E-state index contributed by atoms with van der Waals surface area (Å²) in [5.41, 5.74) is 46.0. The molecule has 0 aromatic heterocycles. The number of fused-ring (bicyclic) bond motifs is 20. The number of benzene rings is 18. The van der Waals surface area contributed by atoms with E-state index in [0.29, 0.717) is 12.0 Å². The smallest absolute Gasteiger partial charge is 0.129 e. The van der Waals surface area contributed by atoms with Crippen LogP contribution in [-0.2, 0) is 9.86 Å². The first-order valence-electron chi connectivity index (χ1n) is 50.7. The summed E-state index contributed by atoms with van der Waals surface area (Å²) in [6.07, 6.45) is 0. The highest BCUT2D eigenvalue weighted by atomic mass is 79.9. The van der Waals surface area contributed by atoms with Crippen molar-refractivity contribution >= 4 is 189 Å². The average Bonchev–Trinajstić information content (AvgIpc) is 1.52. The molecule has 22 rings (SSSR count). The van der Waals surface area contributed by atoms with Crippen molar-refractivity contribution in [2.75, 3.05) is 162 Å². The molecule has 150 heavy (non-hydrogen) atoms. The Labute approximate surface area is 957 Å². The van der Waals surface area contributed by atoms with Gasteiger partial charge in [0.1, 0.15) is 4.45 Å². The molecule has 4 unspecified atom stereocenters. The fourth-order valence-electron chi connectivity index (χ4n) is 21.3. The van der Waals surface area contributed by atoms with Crippen LogP contribution in [0, 0.1) is 69.2 Å². The van der Waals surface area contributed by atoms with E-state index in [2.05, 4.69) is 620 Å². The van der Waals surface area contributed by atoms with Crippen LogP contribution < -0.4 is 19.6 Å². The SMILES string of the molecule is CBr.CBr.CBr.CBr.CBr.CN(C)C.CN(C)C.Cc1ccc(N(c2ccc(C)cc2)c2ccc(N(C)C)cc2)cc1.Cc1ccc2c(c1)C(Br)(N(C)C)c1cc(C)c3ccccc3c1-2.Cc1ccc2c(c1)C(N(C)C)c1cc(C)c3ccccc3c1-2.Cc1ccc2c(c1)C(c1ccc(Br)cc1)(c1ccc(N(C)C)cc1)c1cc(C)c3ccccc3c1-2.Cc1ccc2c(c1)C(c1ccc(N(C)C)cc1)c1cc(C)c3ccccc3c1-2. The number of aryl methyl sites for hydroxylation is 10. The molecule has 0 bridgehead atoms. The fraction of sp³-hybridized carbons (Fsp3) is 0.259. The molecule has 0 aliphatic heterocycles. The predicted octanol–water partition coefficient (Wildman–Crippen LogP) is 37.3. The molecule has 0 spiro atoms. The van der Waals surface area contributed by atoms with Gasteiger partial charge in [-0.3, -0.25) is 9.80 Å². The molecule has 18 aromatic carbocycles. The normalized spacial score (nSPS) is 14.2. The van der Waals surface area contributed by atoms with Gasteiger partial charge in [-0.25, -0.2) is 0 Å². The molecule has 0 amide bonds. The van der Waals surface area contributed by atoms with Crippen molar-refractivity contribution in [1.82, 2.24) is 19.6 Å². The number of hydrogen-bond acceptors (Lipinski definition) is 8. The van der Waals surface area contributed by atoms with Crippen LogP contribution in [0.2, 0.25) is 0 Å². The van der Waals surface area contributed by atoms with E-state index in [1.165, 1.54) is 233 Å². The van der Waals surface area contributed by atoms with E-state index in [9.17, 15) is 0 Å². The van der Waals surface area contributed by atoms with Crippen LogP contribution in [-0.4, -0.2) is 162 Å². The maximum Gasteiger partial charge on any atom is 0.129 e. The van der Waals surface area contributed by atoms with Gasteiger partial charge in [0.15, 0.2) is 0 Å². The van der Waals surface area contributed by atoms with Crippen molar-refractivity contribution < 1.29 is 0 Å². The number of nitrogens with zero attached hydrogens (tertiary/aromatic N) is 8. The van der Waals surface area contributed by atoms with Crippen molar-refractivity contribution in [1.29, 1.82) is 0 Å². The average molecular weight is 2450 g/mol. The lowest BCUT2D eigenvalue weighted by Gasteiger charge is -2.34. The van der Waals surface area contributed by atoms with E-state index in [-0.39, 0.29) is 4.45 Å². The van der Waals surface area contributed by atoms with Crippen LogP contribution in [0.15, 0.2) is 344 Å². The fourth-order valence-corrected chi connectivity index (χ4v) is 22.2. The van der Waals surface area contributed by atoms with Crippen molar-refractivity contribution in [3.8, 4) is 44.5 Å². The Bertz CT molecular complexity index is 7530. The lowest BCUT2D eigenvalue weighted by molar-refractivity contribution is 0.318. The van der Waals surface area contributed by atoms with Crippen LogP contribution in [0.3, 0.4) is 0 Å². The summed E-state index contributed by atoms with van der Waals surface area (Å²) >= 11 is 22.4. The van der Waals surface area contributed by atoms with Crippen LogP contribution in [0.25, 0.3) is 87.6 Å². The Morgan fingerprint density at radius 2 is 0.513 bits per heavy atom. The van der Waals surface area contributed by atoms with Gasteiger partial charge in [0.2, 0.25) is 0 Å². The Balaban J connectivity index is 0.000000172. The summed E-state index contributed by atoms with van der Waals surface area (Å²) < 4.78 is 0.829. The van der Waals surface area contributed by atoms with Gasteiger partial charge in [0, 0.05) is 86.8 Å². The number of anilines is 6. The van der Waals surface area contributed by atoms with E-state index in [4.69, 9.17) is 0 Å². The summed E-state index contributed by atoms with van der Waals surface area (Å²) in [4.78, 5) is 17.3. The molecule has 0 radical (unpaired) electrons. The van der Waals surface area contributed by atoms with E-state index in [1.807, 2.05) is 81.3 Å². The van der Waals surface area contributed by atoms with Gasteiger partial charge in [-0.2, -0.15) is 0 Å². The molecule has 4 aliphatic carbocycles. The quantitative estimate of drug-likeness (QED) is 0.0934. The first-order chi connectivity index (χ1) is 72.0. The third kappa shape index (κ3) is 25.7. The van der Waals surface area contributed by atoms with Crippen molar-refractivity contribution in [2.45, 2.75) is 91.1 Å². The number of rotatable bonds is 11. The standard InChI is InChI=1S/C33H28BrN.C27H25N.C22H24N2.C21H20BrN.C21H21N.2C3H9N.5CH3Br/c1-21-9-18-29-30(19-21)33(23-10-14-25(34)15-11-23,24-12-16-26(17-13-24)35(3)4)31-20-22(2)27-7-5-6-8-28(27)32(29)31;1-17-9-14-23-24(15-17)26(19-10-12-20(13-11-19)28(3)4)25-16-18(2)21-7-5-6-8-22(21)27(23)25;1-17-5-9-20(10-6-17)24(21-11-7-18(2)8-12-21)22-15-13-19(14-16-22)23(3)4;1-13-9-10-17-18(11-13)21(22,23(3)4)19-12-14(2)15-7-5-6-8-16(15)20(17)19;1-13-9-10-17-18(11-13)21(22(3)4)19-12-14(2)15-7-5-6-8-16(15)20(17)19;2*1-4(2)3;5*1-2/h5-20H,1-4H3;5-16,26H,1-4H3;5-16H,1-4H3;5-12H,1-4H3;5-12,21H,1-4H3;2*1-3H3;5*1H3. The molecule has 4 aliphatic rings. The number of alkyl halides is 6. The molecule has 0 N–H and O–H groups in total. The molecular formula is C135H151Br7N8. The largest absolute Gasteiger partial charge is 0.378 e. The minimum absolute atomic E-state index is 0.265. The van der Waals surface area contributed by atoms with Crippen LogP contribution >= 0.6 is 112 Å². The van der Waals surface area contributed by atoms with Gasteiger partial charge < -0.3 is 29.4 Å². The molecule has 0 saturated carbocycles. The van der Waals surface area contributed by atoms with E-state index < -0.39 is 5.41 Å². The summed E-state index contributed by atoms with van der Waals surface area (Å²) in [6.45, 7) is 21.9. The van der Waals surface area contributed by atoms with Gasteiger partial charge in [0.05, 0.1) is 11.5 Å². The van der Waals surface area contributed by atoms with Crippen LogP contribution in [0.1, 0.15) is 129 Å². The highest BCUT2D eigenvalue weighted by Gasteiger charge is 2.48.